The molecule has 1 rings (SSSR count). The summed E-state index contributed by atoms with van der Waals surface area (Å²) in [5, 5.41) is 8.44. The van der Waals surface area contributed by atoms with Crippen LogP contribution in [0.4, 0.5) is 10.5 Å². The van der Waals surface area contributed by atoms with E-state index in [-0.39, 0.29) is 6.03 Å². The Morgan fingerprint density at radius 2 is 2.45 bits per heavy atom. The number of carbonyl (C=O) groups is 1. The number of anilines is 1. The summed E-state index contributed by atoms with van der Waals surface area (Å²) in [6.45, 7) is 1.72. The Morgan fingerprint density at radius 3 is 2.91 bits per heavy atom. The van der Waals surface area contributed by atoms with E-state index in [0.717, 1.165) is 0 Å². The van der Waals surface area contributed by atoms with Crippen LogP contribution in [-0.2, 0) is 0 Å². The molecular weight excluding hydrogens is 146 g/mol. The van der Waals surface area contributed by atoms with Crippen molar-refractivity contribution in [1.29, 1.82) is 0 Å². The highest BCUT2D eigenvalue weighted by Gasteiger charge is 2.04. The predicted octanol–water partition coefficient (Wildman–Crippen LogP) is 0.734. The number of carbonyl (C=O) groups excluding carboxylic acids is 1. The predicted molar refractivity (Wildman–Crippen MR) is 39.3 cm³/mol. The van der Waals surface area contributed by atoms with Crippen LogP contribution in [0.2, 0.25) is 0 Å². The van der Waals surface area contributed by atoms with Gasteiger partial charge >= 0.3 is 6.03 Å². The molecule has 1 aromatic rings. The molecule has 1 aromatic heterocycles. The lowest BCUT2D eigenvalue weighted by Gasteiger charge is -1.99. The van der Waals surface area contributed by atoms with Crippen molar-refractivity contribution in [3.8, 4) is 0 Å². The van der Waals surface area contributed by atoms with Crippen LogP contribution in [0.15, 0.2) is 10.7 Å². The first-order valence-corrected chi connectivity index (χ1v) is 3.14. The van der Waals surface area contributed by atoms with E-state index in [1.807, 2.05) is 0 Å². The maximum atomic E-state index is 10.7. The van der Waals surface area contributed by atoms with Gasteiger partial charge < -0.3 is 15.2 Å². The third-order valence-corrected chi connectivity index (χ3v) is 1.23. The number of amides is 2. The molecule has 2 amide bonds. The Bertz CT molecular complexity index is 256. The Hall–Kier alpha value is -1.52. The molecule has 0 aromatic carbocycles. The van der Waals surface area contributed by atoms with E-state index < -0.39 is 0 Å². The van der Waals surface area contributed by atoms with Crippen molar-refractivity contribution in [2.75, 3.05) is 12.4 Å². The monoisotopic (exact) mass is 155 g/mol. The lowest BCUT2D eigenvalue weighted by Crippen LogP contribution is -2.24. The second kappa shape index (κ2) is 3.05. The highest BCUT2D eigenvalue weighted by molar-refractivity contribution is 5.89. The minimum Gasteiger partial charge on any atom is -0.359 e. The molecule has 60 valence electrons. The van der Waals surface area contributed by atoms with E-state index in [9.17, 15) is 4.79 Å². The number of hydrogen-bond acceptors (Lipinski definition) is 3. The summed E-state index contributed by atoms with van der Waals surface area (Å²) >= 11 is 0. The maximum Gasteiger partial charge on any atom is 0.319 e. The molecule has 0 aliphatic rings. The van der Waals surface area contributed by atoms with Gasteiger partial charge in [-0.1, -0.05) is 5.16 Å². The van der Waals surface area contributed by atoms with Gasteiger partial charge in [-0.3, -0.25) is 0 Å². The molecule has 11 heavy (non-hydrogen) atoms. The van der Waals surface area contributed by atoms with E-state index in [1.165, 1.54) is 13.2 Å². The molecule has 1 heterocycles. The third-order valence-electron chi connectivity index (χ3n) is 1.23. The van der Waals surface area contributed by atoms with Gasteiger partial charge in [-0.25, -0.2) is 4.79 Å². The second-order valence-corrected chi connectivity index (χ2v) is 2.00. The minimum absolute atomic E-state index is 0.281. The number of hydrogen-bond donors (Lipinski definition) is 2. The number of aryl methyl sites for hydroxylation is 1. The summed E-state index contributed by atoms with van der Waals surface area (Å²) in [5.74, 6) is 0.591. The molecule has 5 heteroatoms. The molecule has 0 aliphatic carbocycles. The summed E-state index contributed by atoms with van der Waals surface area (Å²) in [6.07, 6.45) is 1.45. The van der Waals surface area contributed by atoms with Gasteiger partial charge in [-0.15, -0.1) is 0 Å². The second-order valence-electron chi connectivity index (χ2n) is 2.00. The van der Waals surface area contributed by atoms with E-state index in [1.54, 1.807) is 6.92 Å². The first kappa shape index (κ1) is 7.59. The summed E-state index contributed by atoms with van der Waals surface area (Å²) in [5.41, 5.74) is 0.587. The van der Waals surface area contributed by atoms with Gasteiger partial charge in [0, 0.05) is 7.05 Å². The molecule has 0 radical (unpaired) electrons. The molecule has 0 saturated heterocycles. The first-order valence-electron chi connectivity index (χ1n) is 3.14. The van der Waals surface area contributed by atoms with Crippen LogP contribution in [0.5, 0.6) is 0 Å². The third kappa shape index (κ3) is 1.70. The Kier molecular flexibility index (Phi) is 2.10. The van der Waals surface area contributed by atoms with Gasteiger partial charge in [0.15, 0.2) is 5.76 Å². The van der Waals surface area contributed by atoms with Crippen LogP contribution < -0.4 is 10.6 Å². The van der Waals surface area contributed by atoms with Crippen molar-refractivity contribution in [3.05, 3.63) is 12.0 Å². The molecule has 0 saturated carbocycles. The Balaban J connectivity index is 2.64. The van der Waals surface area contributed by atoms with Gasteiger partial charge in [0.25, 0.3) is 0 Å². The topological polar surface area (TPSA) is 67.2 Å². The quantitative estimate of drug-likeness (QED) is 0.628. The van der Waals surface area contributed by atoms with E-state index in [4.69, 9.17) is 4.52 Å². The van der Waals surface area contributed by atoms with Crippen molar-refractivity contribution in [2.45, 2.75) is 6.92 Å². The number of nitrogens with one attached hydrogen (secondary N) is 2. The normalized spacial score (nSPS) is 9.27. The highest BCUT2D eigenvalue weighted by atomic mass is 16.5. The molecule has 2 N–H and O–H groups in total. The fraction of sp³-hybridized carbons (Fsp3) is 0.333. The fourth-order valence-corrected chi connectivity index (χ4v) is 0.603. The summed E-state index contributed by atoms with van der Waals surface area (Å²) in [6, 6.07) is -0.281. The fourth-order valence-electron chi connectivity index (χ4n) is 0.603. The van der Waals surface area contributed by atoms with Crippen LogP contribution in [0, 0.1) is 6.92 Å². The van der Waals surface area contributed by atoms with Gasteiger partial charge in [0.1, 0.15) is 5.69 Å². The van der Waals surface area contributed by atoms with E-state index >= 15 is 0 Å². The number of urea groups is 1. The molecule has 0 fully saturated rings. The van der Waals surface area contributed by atoms with Crippen molar-refractivity contribution in [2.24, 2.45) is 0 Å². The zero-order valence-corrected chi connectivity index (χ0v) is 6.34. The van der Waals surface area contributed by atoms with Crippen LogP contribution >= 0.6 is 0 Å². The van der Waals surface area contributed by atoms with Crippen molar-refractivity contribution >= 4 is 11.7 Å². The molecule has 0 aliphatic heterocycles. The van der Waals surface area contributed by atoms with E-state index in [2.05, 4.69) is 15.8 Å². The number of rotatable bonds is 1. The highest BCUT2D eigenvalue weighted by Crippen LogP contribution is 2.11. The largest absolute Gasteiger partial charge is 0.359 e. The van der Waals surface area contributed by atoms with Gasteiger partial charge in [-0.05, 0) is 6.92 Å². The lowest BCUT2D eigenvalue weighted by molar-refractivity contribution is 0.254. The smallest absolute Gasteiger partial charge is 0.319 e. The van der Waals surface area contributed by atoms with Crippen molar-refractivity contribution in [1.82, 2.24) is 10.5 Å². The van der Waals surface area contributed by atoms with Crippen molar-refractivity contribution < 1.29 is 9.32 Å². The molecular formula is C6H9N3O2. The van der Waals surface area contributed by atoms with Gasteiger partial charge in [0.2, 0.25) is 0 Å². The zero-order valence-electron chi connectivity index (χ0n) is 6.34. The van der Waals surface area contributed by atoms with Crippen molar-refractivity contribution in [3.63, 3.8) is 0 Å². The zero-order chi connectivity index (χ0) is 8.27. The number of aromatic nitrogens is 1. The summed E-state index contributed by atoms with van der Waals surface area (Å²) in [7, 11) is 1.54. The molecule has 0 spiro atoms. The van der Waals surface area contributed by atoms with Gasteiger partial charge in [0.05, 0.1) is 6.20 Å². The standard InChI is InChI=1S/C6H9N3O2/c1-4-5(3-8-11-4)9-6(10)7-2/h3H,1-2H3,(H2,7,9,10). The summed E-state index contributed by atoms with van der Waals surface area (Å²) < 4.78 is 4.72. The van der Waals surface area contributed by atoms with E-state index in [0.29, 0.717) is 11.4 Å². The molecule has 0 unspecified atom stereocenters. The average molecular weight is 155 g/mol. The Labute approximate surface area is 63.8 Å². The summed E-state index contributed by atoms with van der Waals surface area (Å²) in [4.78, 5) is 10.7. The number of nitrogens with zero attached hydrogens (tertiary/aromatic N) is 1. The van der Waals surface area contributed by atoms with Crippen LogP contribution in [-0.4, -0.2) is 18.2 Å². The van der Waals surface area contributed by atoms with Crippen LogP contribution in [0.1, 0.15) is 5.76 Å². The molecule has 5 nitrogen and oxygen atoms in total. The average Bonchev–Trinajstić information content (AvgIpc) is 2.37. The molecule has 0 atom stereocenters. The minimum atomic E-state index is -0.281. The van der Waals surface area contributed by atoms with Crippen LogP contribution in [0.3, 0.4) is 0 Å². The maximum absolute atomic E-state index is 10.7. The van der Waals surface area contributed by atoms with Crippen LogP contribution in [0.25, 0.3) is 0 Å². The Morgan fingerprint density at radius 1 is 1.73 bits per heavy atom. The van der Waals surface area contributed by atoms with Gasteiger partial charge in [-0.2, -0.15) is 0 Å². The SMILES string of the molecule is CNC(=O)Nc1cnoc1C. The first-order chi connectivity index (χ1) is 5.24. The lowest BCUT2D eigenvalue weighted by atomic mass is 10.4. The molecule has 0 bridgehead atoms.